The lowest BCUT2D eigenvalue weighted by molar-refractivity contribution is 0.148. The lowest BCUT2D eigenvalue weighted by Gasteiger charge is -2.32. The van der Waals surface area contributed by atoms with Gasteiger partial charge in [0.15, 0.2) is 0 Å². The van der Waals surface area contributed by atoms with Crippen LogP contribution in [0.4, 0.5) is 0 Å². The van der Waals surface area contributed by atoms with Crippen LogP contribution in [-0.4, -0.2) is 48.0 Å². The molecule has 1 fully saturated rings. The third kappa shape index (κ3) is 2.46. The second-order valence-corrected chi connectivity index (χ2v) is 6.00. The highest BCUT2D eigenvalue weighted by atomic mass is 79.9. The standard InChI is InChI=1S/C14H18BrN3/c1-17-4-6-18(7-5-17)10-11-9-16-14-3-2-12(15)8-13(11)14/h2-3,8-9,16H,4-7,10H2,1H3. The quantitative estimate of drug-likeness (QED) is 0.921. The Kier molecular flexibility index (Phi) is 3.41. The van der Waals surface area contributed by atoms with Crippen LogP contribution in [0.15, 0.2) is 28.9 Å². The molecule has 0 amide bonds. The fourth-order valence-electron chi connectivity index (χ4n) is 2.53. The number of piperazine rings is 1. The molecule has 96 valence electrons. The Hall–Kier alpha value is -0.840. The monoisotopic (exact) mass is 307 g/mol. The summed E-state index contributed by atoms with van der Waals surface area (Å²) in [6, 6.07) is 6.42. The summed E-state index contributed by atoms with van der Waals surface area (Å²) >= 11 is 3.55. The van der Waals surface area contributed by atoms with Gasteiger partial charge in [-0.2, -0.15) is 0 Å². The van der Waals surface area contributed by atoms with Crippen LogP contribution in [0.5, 0.6) is 0 Å². The minimum atomic E-state index is 1.05. The van der Waals surface area contributed by atoms with Gasteiger partial charge in [0.25, 0.3) is 0 Å². The van der Waals surface area contributed by atoms with E-state index in [9.17, 15) is 0 Å². The highest BCUT2D eigenvalue weighted by Gasteiger charge is 2.15. The Morgan fingerprint density at radius 1 is 1.22 bits per heavy atom. The second kappa shape index (κ2) is 5.03. The summed E-state index contributed by atoms with van der Waals surface area (Å²) in [7, 11) is 2.19. The summed E-state index contributed by atoms with van der Waals surface area (Å²) in [5.74, 6) is 0. The third-order valence-electron chi connectivity index (χ3n) is 3.72. The summed E-state index contributed by atoms with van der Waals surface area (Å²) in [6.07, 6.45) is 2.15. The number of aromatic amines is 1. The van der Waals surface area contributed by atoms with E-state index in [1.165, 1.54) is 29.6 Å². The van der Waals surface area contributed by atoms with Gasteiger partial charge in [0.2, 0.25) is 0 Å². The van der Waals surface area contributed by atoms with Crippen LogP contribution in [0.3, 0.4) is 0 Å². The average Bonchev–Trinajstić information content (AvgIpc) is 2.75. The summed E-state index contributed by atoms with van der Waals surface area (Å²) in [6.45, 7) is 5.72. The number of hydrogen-bond donors (Lipinski definition) is 1. The molecule has 0 unspecified atom stereocenters. The number of nitrogens with one attached hydrogen (secondary N) is 1. The lowest BCUT2D eigenvalue weighted by Crippen LogP contribution is -2.43. The molecule has 0 aliphatic carbocycles. The van der Waals surface area contributed by atoms with E-state index in [4.69, 9.17) is 0 Å². The summed E-state index contributed by atoms with van der Waals surface area (Å²) in [4.78, 5) is 8.28. The Bertz CT molecular complexity index is 541. The van der Waals surface area contributed by atoms with Gasteiger partial charge in [0.1, 0.15) is 0 Å². The number of hydrogen-bond acceptors (Lipinski definition) is 2. The maximum Gasteiger partial charge on any atom is 0.0458 e. The molecule has 3 nitrogen and oxygen atoms in total. The van der Waals surface area contributed by atoms with E-state index in [-0.39, 0.29) is 0 Å². The zero-order valence-corrected chi connectivity index (χ0v) is 12.2. The van der Waals surface area contributed by atoms with E-state index < -0.39 is 0 Å². The van der Waals surface area contributed by atoms with E-state index in [1.54, 1.807) is 0 Å². The molecule has 3 rings (SSSR count). The van der Waals surface area contributed by atoms with E-state index in [0.29, 0.717) is 0 Å². The molecule has 0 atom stereocenters. The predicted molar refractivity (Wildman–Crippen MR) is 78.8 cm³/mol. The summed E-state index contributed by atoms with van der Waals surface area (Å²) in [5, 5.41) is 1.34. The number of rotatable bonds is 2. The topological polar surface area (TPSA) is 22.3 Å². The molecule has 2 heterocycles. The average molecular weight is 308 g/mol. The van der Waals surface area contributed by atoms with Gasteiger partial charge in [0, 0.05) is 54.3 Å². The van der Waals surface area contributed by atoms with Crippen molar-refractivity contribution < 1.29 is 0 Å². The predicted octanol–water partition coefficient (Wildman–Crippen LogP) is 2.68. The minimum absolute atomic E-state index is 1.05. The maximum absolute atomic E-state index is 3.55. The molecule has 1 N–H and O–H groups in total. The third-order valence-corrected chi connectivity index (χ3v) is 4.21. The molecule has 1 aromatic carbocycles. The molecule has 1 saturated heterocycles. The summed E-state index contributed by atoms with van der Waals surface area (Å²) in [5.41, 5.74) is 2.62. The zero-order chi connectivity index (χ0) is 12.5. The van der Waals surface area contributed by atoms with Crippen LogP contribution in [0.1, 0.15) is 5.56 Å². The summed E-state index contributed by atoms with van der Waals surface area (Å²) < 4.78 is 1.15. The van der Waals surface area contributed by atoms with Crippen LogP contribution >= 0.6 is 15.9 Å². The van der Waals surface area contributed by atoms with Crippen molar-refractivity contribution in [3.05, 3.63) is 34.4 Å². The molecule has 18 heavy (non-hydrogen) atoms. The van der Waals surface area contributed by atoms with Crippen molar-refractivity contribution in [1.29, 1.82) is 0 Å². The molecular formula is C14H18BrN3. The fraction of sp³-hybridized carbons (Fsp3) is 0.429. The Morgan fingerprint density at radius 3 is 2.78 bits per heavy atom. The molecule has 1 aromatic heterocycles. The SMILES string of the molecule is CN1CCN(Cc2c[nH]c3ccc(Br)cc23)CC1. The van der Waals surface area contributed by atoms with Crippen molar-refractivity contribution in [3.8, 4) is 0 Å². The molecule has 0 saturated carbocycles. The highest BCUT2D eigenvalue weighted by molar-refractivity contribution is 9.10. The molecule has 1 aliphatic rings. The first-order valence-electron chi connectivity index (χ1n) is 6.39. The Labute approximate surface area is 116 Å². The Balaban J connectivity index is 1.80. The number of halogens is 1. The number of aromatic nitrogens is 1. The fourth-order valence-corrected chi connectivity index (χ4v) is 2.89. The normalized spacial score (nSPS) is 18.6. The number of H-pyrrole nitrogens is 1. The van der Waals surface area contributed by atoms with Crippen molar-refractivity contribution >= 4 is 26.8 Å². The molecule has 1 aliphatic heterocycles. The van der Waals surface area contributed by atoms with Crippen molar-refractivity contribution in [2.75, 3.05) is 33.2 Å². The first kappa shape index (κ1) is 12.2. The maximum atomic E-state index is 3.55. The van der Waals surface area contributed by atoms with Crippen LogP contribution in [-0.2, 0) is 6.54 Å². The van der Waals surface area contributed by atoms with Crippen molar-refractivity contribution in [2.45, 2.75) is 6.54 Å². The van der Waals surface area contributed by atoms with E-state index >= 15 is 0 Å². The van der Waals surface area contributed by atoms with Crippen LogP contribution in [0, 0.1) is 0 Å². The zero-order valence-electron chi connectivity index (χ0n) is 10.6. The molecule has 4 heteroatoms. The molecule has 0 spiro atoms. The molecule has 0 radical (unpaired) electrons. The number of fused-ring (bicyclic) bond motifs is 1. The highest BCUT2D eigenvalue weighted by Crippen LogP contribution is 2.24. The van der Waals surface area contributed by atoms with Gasteiger partial charge in [-0.25, -0.2) is 0 Å². The number of benzene rings is 1. The van der Waals surface area contributed by atoms with Crippen molar-refractivity contribution in [1.82, 2.24) is 14.8 Å². The van der Waals surface area contributed by atoms with E-state index in [1.807, 2.05) is 0 Å². The number of likely N-dealkylation sites (N-methyl/N-ethyl adjacent to an activating group) is 1. The van der Waals surface area contributed by atoms with Crippen LogP contribution < -0.4 is 0 Å². The van der Waals surface area contributed by atoms with Gasteiger partial charge < -0.3 is 9.88 Å². The lowest BCUT2D eigenvalue weighted by atomic mass is 10.1. The van der Waals surface area contributed by atoms with Gasteiger partial charge in [-0.05, 0) is 30.8 Å². The Morgan fingerprint density at radius 2 is 2.00 bits per heavy atom. The van der Waals surface area contributed by atoms with Gasteiger partial charge in [0.05, 0.1) is 0 Å². The largest absolute Gasteiger partial charge is 0.361 e. The molecule has 2 aromatic rings. The van der Waals surface area contributed by atoms with Gasteiger partial charge >= 0.3 is 0 Å². The minimum Gasteiger partial charge on any atom is -0.361 e. The van der Waals surface area contributed by atoms with Crippen molar-refractivity contribution in [2.24, 2.45) is 0 Å². The number of nitrogens with zero attached hydrogens (tertiary/aromatic N) is 2. The van der Waals surface area contributed by atoms with Crippen molar-refractivity contribution in [3.63, 3.8) is 0 Å². The van der Waals surface area contributed by atoms with Gasteiger partial charge in [-0.3, -0.25) is 4.90 Å². The molecular weight excluding hydrogens is 290 g/mol. The molecule has 0 bridgehead atoms. The van der Waals surface area contributed by atoms with E-state index in [2.05, 4.69) is 62.2 Å². The van der Waals surface area contributed by atoms with Crippen LogP contribution in [0.25, 0.3) is 10.9 Å². The van der Waals surface area contributed by atoms with Gasteiger partial charge in [-0.15, -0.1) is 0 Å². The van der Waals surface area contributed by atoms with E-state index in [0.717, 1.165) is 24.1 Å². The van der Waals surface area contributed by atoms with Gasteiger partial charge in [-0.1, -0.05) is 15.9 Å². The first-order valence-corrected chi connectivity index (χ1v) is 7.18. The smallest absolute Gasteiger partial charge is 0.0458 e. The van der Waals surface area contributed by atoms with Crippen LogP contribution in [0.2, 0.25) is 0 Å². The first-order chi connectivity index (χ1) is 8.72. The second-order valence-electron chi connectivity index (χ2n) is 5.08.